The molecule has 0 spiro atoms. The molecule has 0 unspecified atom stereocenters. The molecule has 0 aliphatic rings. The lowest BCUT2D eigenvalue weighted by molar-refractivity contribution is -0.121. The van der Waals surface area contributed by atoms with Crippen LogP contribution in [0.3, 0.4) is 0 Å². The minimum Gasteiger partial charge on any atom is -0.374 e. The topological polar surface area (TPSA) is 53.5 Å². The highest BCUT2D eigenvalue weighted by Gasteiger charge is 2.12. The Balaban J connectivity index is 1.88. The minimum absolute atomic E-state index is 0.176. The number of hydrazone groups is 1. The van der Waals surface area contributed by atoms with Gasteiger partial charge in [-0.25, -0.2) is 5.43 Å². The van der Waals surface area contributed by atoms with Gasteiger partial charge in [0.05, 0.1) is 6.21 Å². The summed E-state index contributed by atoms with van der Waals surface area (Å²) in [5, 5.41) is 7.13. The normalized spacial score (nSPS) is 12.1. The summed E-state index contributed by atoms with van der Waals surface area (Å²) in [7, 11) is 0. The van der Waals surface area contributed by atoms with Gasteiger partial charge in [0.2, 0.25) is 0 Å². The molecular formula is C17H19N3O. The molecule has 2 N–H and O–H groups in total. The summed E-state index contributed by atoms with van der Waals surface area (Å²) in [6.45, 7) is 3.81. The number of hydrogen-bond acceptors (Lipinski definition) is 3. The van der Waals surface area contributed by atoms with Crippen molar-refractivity contribution in [3.05, 3.63) is 65.7 Å². The summed E-state index contributed by atoms with van der Waals surface area (Å²) in [5.41, 5.74) is 5.53. The van der Waals surface area contributed by atoms with E-state index in [1.165, 1.54) is 0 Å². The molecule has 0 heterocycles. The number of rotatable bonds is 5. The maximum absolute atomic E-state index is 12.0. The number of carbonyl (C=O) groups excluding carboxylic acids is 1. The van der Waals surface area contributed by atoms with E-state index in [1.807, 2.05) is 61.5 Å². The van der Waals surface area contributed by atoms with Crippen molar-refractivity contribution in [1.29, 1.82) is 0 Å². The minimum atomic E-state index is -0.362. The molecule has 2 aromatic carbocycles. The van der Waals surface area contributed by atoms with Crippen LogP contribution in [0.4, 0.5) is 5.69 Å². The summed E-state index contributed by atoms with van der Waals surface area (Å²) in [6.07, 6.45) is 1.62. The lowest BCUT2D eigenvalue weighted by Gasteiger charge is -2.15. The first-order valence-corrected chi connectivity index (χ1v) is 6.87. The third-order valence-electron chi connectivity index (χ3n) is 3.10. The third kappa shape index (κ3) is 4.45. The van der Waals surface area contributed by atoms with Crippen LogP contribution in [0.2, 0.25) is 0 Å². The zero-order chi connectivity index (χ0) is 15.1. The van der Waals surface area contributed by atoms with Crippen molar-refractivity contribution in [3.63, 3.8) is 0 Å². The second-order valence-electron chi connectivity index (χ2n) is 4.83. The Hall–Kier alpha value is -2.62. The van der Waals surface area contributed by atoms with Gasteiger partial charge in [-0.3, -0.25) is 4.79 Å². The highest BCUT2D eigenvalue weighted by atomic mass is 16.2. The van der Waals surface area contributed by atoms with Crippen LogP contribution in [0.15, 0.2) is 59.7 Å². The monoisotopic (exact) mass is 281 g/mol. The van der Waals surface area contributed by atoms with Gasteiger partial charge in [-0.2, -0.15) is 5.10 Å². The summed E-state index contributed by atoms with van der Waals surface area (Å²) in [6, 6.07) is 17.1. The van der Waals surface area contributed by atoms with Gasteiger partial charge in [0.1, 0.15) is 6.04 Å². The van der Waals surface area contributed by atoms with Crippen molar-refractivity contribution >= 4 is 17.8 Å². The van der Waals surface area contributed by atoms with Crippen LogP contribution in [-0.2, 0) is 4.79 Å². The summed E-state index contributed by atoms with van der Waals surface area (Å²) in [5.74, 6) is -0.176. The van der Waals surface area contributed by atoms with Crippen molar-refractivity contribution in [1.82, 2.24) is 5.43 Å². The second kappa shape index (κ2) is 7.24. The molecule has 1 amide bonds. The van der Waals surface area contributed by atoms with Crippen LogP contribution in [-0.4, -0.2) is 18.2 Å². The molecule has 0 aliphatic heterocycles. The van der Waals surface area contributed by atoms with Crippen LogP contribution in [0, 0.1) is 6.92 Å². The smallest absolute Gasteiger partial charge is 0.262 e. The SMILES string of the molecule is Cc1ccccc1N[C@H](C)C(=O)N/N=C\c1ccccc1. The van der Waals surface area contributed by atoms with E-state index in [1.54, 1.807) is 13.1 Å². The number of carbonyl (C=O) groups is 1. The van der Waals surface area contributed by atoms with Crippen LogP contribution < -0.4 is 10.7 Å². The predicted octanol–water partition coefficient (Wildman–Crippen LogP) is 2.95. The van der Waals surface area contributed by atoms with Crippen molar-refractivity contribution in [2.45, 2.75) is 19.9 Å². The van der Waals surface area contributed by atoms with Gasteiger partial charge in [0.15, 0.2) is 0 Å². The third-order valence-corrected chi connectivity index (χ3v) is 3.10. The highest BCUT2D eigenvalue weighted by molar-refractivity contribution is 5.86. The van der Waals surface area contributed by atoms with Gasteiger partial charge in [-0.15, -0.1) is 0 Å². The zero-order valence-corrected chi connectivity index (χ0v) is 12.2. The van der Waals surface area contributed by atoms with Gasteiger partial charge < -0.3 is 5.32 Å². The quantitative estimate of drug-likeness (QED) is 0.654. The summed E-state index contributed by atoms with van der Waals surface area (Å²) in [4.78, 5) is 12.0. The molecule has 21 heavy (non-hydrogen) atoms. The van der Waals surface area contributed by atoms with E-state index in [-0.39, 0.29) is 11.9 Å². The first-order valence-electron chi connectivity index (χ1n) is 6.87. The maximum Gasteiger partial charge on any atom is 0.262 e. The van der Waals surface area contributed by atoms with Crippen molar-refractivity contribution in [2.24, 2.45) is 5.10 Å². The molecule has 0 bridgehead atoms. The molecular weight excluding hydrogens is 262 g/mol. The van der Waals surface area contributed by atoms with E-state index in [9.17, 15) is 4.79 Å². The fourth-order valence-corrected chi connectivity index (χ4v) is 1.84. The summed E-state index contributed by atoms with van der Waals surface area (Å²) >= 11 is 0. The number of hydrogen-bond donors (Lipinski definition) is 2. The van der Waals surface area contributed by atoms with Gasteiger partial charge in [0.25, 0.3) is 5.91 Å². The molecule has 1 atom stereocenters. The molecule has 0 aliphatic carbocycles. The first kappa shape index (κ1) is 14.8. The van der Waals surface area contributed by atoms with Gasteiger partial charge >= 0.3 is 0 Å². The molecule has 0 saturated carbocycles. The Morgan fingerprint density at radius 2 is 1.76 bits per heavy atom. The largest absolute Gasteiger partial charge is 0.374 e. The Kier molecular flexibility index (Phi) is 5.10. The zero-order valence-electron chi connectivity index (χ0n) is 12.2. The van der Waals surface area contributed by atoms with E-state index in [0.717, 1.165) is 16.8 Å². The molecule has 4 nitrogen and oxygen atoms in total. The number of benzene rings is 2. The molecule has 108 valence electrons. The average molecular weight is 281 g/mol. The molecule has 0 radical (unpaired) electrons. The van der Waals surface area contributed by atoms with E-state index in [4.69, 9.17) is 0 Å². The van der Waals surface area contributed by atoms with Crippen LogP contribution >= 0.6 is 0 Å². The van der Waals surface area contributed by atoms with Gasteiger partial charge in [-0.05, 0) is 31.0 Å². The van der Waals surface area contributed by atoms with E-state index in [2.05, 4.69) is 15.8 Å². The van der Waals surface area contributed by atoms with Gasteiger partial charge in [0, 0.05) is 5.69 Å². The highest BCUT2D eigenvalue weighted by Crippen LogP contribution is 2.14. The molecule has 0 saturated heterocycles. The van der Waals surface area contributed by atoms with Crippen LogP contribution in [0.25, 0.3) is 0 Å². The standard InChI is InChI=1S/C17H19N3O/c1-13-8-6-7-11-16(13)19-14(2)17(21)20-18-12-15-9-4-3-5-10-15/h3-12,14,19H,1-2H3,(H,20,21)/b18-12-/t14-/m1/s1. The number of amides is 1. The van der Waals surface area contributed by atoms with E-state index < -0.39 is 0 Å². The Labute approximate surface area is 124 Å². The number of nitrogens with one attached hydrogen (secondary N) is 2. The second-order valence-corrected chi connectivity index (χ2v) is 4.83. The lowest BCUT2D eigenvalue weighted by Crippen LogP contribution is -2.35. The molecule has 0 aromatic heterocycles. The fraction of sp³-hybridized carbons (Fsp3) is 0.176. The molecule has 4 heteroatoms. The lowest BCUT2D eigenvalue weighted by atomic mass is 10.2. The van der Waals surface area contributed by atoms with E-state index in [0.29, 0.717) is 0 Å². The number of nitrogens with zero attached hydrogens (tertiary/aromatic N) is 1. The number of anilines is 1. The van der Waals surface area contributed by atoms with Crippen molar-refractivity contribution < 1.29 is 4.79 Å². The summed E-state index contributed by atoms with van der Waals surface area (Å²) < 4.78 is 0. The number of para-hydroxylation sites is 1. The Morgan fingerprint density at radius 1 is 1.10 bits per heavy atom. The van der Waals surface area contributed by atoms with Crippen LogP contribution in [0.5, 0.6) is 0 Å². The fourth-order valence-electron chi connectivity index (χ4n) is 1.84. The van der Waals surface area contributed by atoms with Gasteiger partial charge in [-0.1, -0.05) is 48.5 Å². The average Bonchev–Trinajstić information content (AvgIpc) is 2.50. The maximum atomic E-state index is 12.0. The Bertz CT molecular complexity index is 623. The molecule has 2 rings (SSSR count). The first-order chi connectivity index (χ1) is 10.2. The molecule has 0 fully saturated rings. The van der Waals surface area contributed by atoms with Crippen LogP contribution in [0.1, 0.15) is 18.1 Å². The van der Waals surface area contributed by atoms with E-state index >= 15 is 0 Å². The molecule has 2 aromatic rings. The Morgan fingerprint density at radius 3 is 2.48 bits per heavy atom. The van der Waals surface area contributed by atoms with Crippen molar-refractivity contribution in [2.75, 3.05) is 5.32 Å². The van der Waals surface area contributed by atoms with Crippen molar-refractivity contribution in [3.8, 4) is 0 Å². The predicted molar refractivity (Wildman–Crippen MR) is 86.4 cm³/mol. The number of aryl methyl sites for hydroxylation is 1.